The summed E-state index contributed by atoms with van der Waals surface area (Å²) in [5.74, 6) is 0.339. The van der Waals surface area contributed by atoms with E-state index in [-0.39, 0.29) is 17.8 Å². The standard InChI is InChI=1S/C6H12O6.C6H6O2/c7-1-3(9)5(11)6(12)4(10)2-8;7-5-1-2-6(8)4-3-5/h1,3-6,8-12H,2H2;1-4,7-8H/t3-,4+,5+,6-;/m0./s1. The topological polar surface area (TPSA) is 159 Å². The van der Waals surface area contributed by atoms with Crippen molar-refractivity contribution < 1.29 is 40.5 Å². The lowest BCUT2D eigenvalue weighted by molar-refractivity contribution is -0.136. The molecule has 0 unspecified atom stereocenters. The number of benzene rings is 1. The minimum atomic E-state index is -1.79. The van der Waals surface area contributed by atoms with Gasteiger partial charge in [-0.2, -0.15) is 0 Å². The summed E-state index contributed by atoms with van der Waals surface area (Å²) >= 11 is 0. The molecule has 114 valence electrons. The van der Waals surface area contributed by atoms with Crippen LogP contribution < -0.4 is 0 Å². The van der Waals surface area contributed by atoms with Crippen LogP contribution in [0.5, 0.6) is 11.5 Å². The van der Waals surface area contributed by atoms with Crippen molar-refractivity contribution in [3.63, 3.8) is 0 Å². The van der Waals surface area contributed by atoms with E-state index in [1.54, 1.807) is 0 Å². The van der Waals surface area contributed by atoms with Gasteiger partial charge in [0.25, 0.3) is 0 Å². The lowest BCUT2D eigenvalue weighted by atomic mass is 10.0. The highest BCUT2D eigenvalue weighted by Gasteiger charge is 2.29. The van der Waals surface area contributed by atoms with Crippen LogP contribution in [-0.4, -0.2) is 73.1 Å². The maximum Gasteiger partial charge on any atom is 0.151 e. The van der Waals surface area contributed by atoms with Gasteiger partial charge in [-0.05, 0) is 24.3 Å². The van der Waals surface area contributed by atoms with Crippen LogP contribution >= 0.6 is 0 Å². The van der Waals surface area contributed by atoms with Crippen molar-refractivity contribution in [3.05, 3.63) is 24.3 Å². The van der Waals surface area contributed by atoms with Gasteiger partial charge >= 0.3 is 0 Å². The molecule has 0 radical (unpaired) electrons. The van der Waals surface area contributed by atoms with E-state index in [0.29, 0.717) is 0 Å². The Kier molecular flexibility index (Phi) is 8.45. The molecular formula is C12H18O8. The smallest absolute Gasteiger partial charge is 0.151 e. The molecule has 8 nitrogen and oxygen atoms in total. The molecule has 0 saturated carbocycles. The molecular weight excluding hydrogens is 272 g/mol. The van der Waals surface area contributed by atoms with Gasteiger partial charge in [-0.3, -0.25) is 0 Å². The van der Waals surface area contributed by atoms with Crippen molar-refractivity contribution in [1.82, 2.24) is 0 Å². The van der Waals surface area contributed by atoms with Gasteiger partial charge in [0.1, 0.15) is 35.9 Å². The van der Waals surface area contributed by atoms with Gasteiger partial charge in [-0.25, -0.2) is 0 Å². The van der Waals surface area contributed by atoms with E-state index in [4.69, 9.17) is 35.7 Å². The third kappa shape index (κ3) is 6.45. The number of hydrogen-bond acceptors (Lipinski definition) is 8. The zero-order valence-corrected chi connectivity index (χ0v) is 10.4. The minimum absolute atomic E-state index is 0.0258. The number of carbonyl (C=O) groups is 1. The Balaban J connectivity index is 0.000000388. The number of phenolic OH excluding ortho intramolecular Hbond substituents is 2. The number of phenols is 2. The highest BCUT2D eigenvalue weighted by Crippen LogP contribution is 2.13. The van der Waals surface area contributed by atoms with Crippen molar-refractivity contribution in [2.75, 3.05) is 6.61 Å². The molecule has 8 heteroatoms. The molecule has 0 bridgehead atoms. The molecule has 4 atom stereocenters. The fraction of sp³-hybridized carbons (Fsp3) is 0.417. The van der Waals surface area contributed by atoms with Gasteiger partial charge in [0.15, 0.2) is 6.29 Å². The van der Waals surface area contributed by atoms with Crippen molar-refractivity contribution in [2.45, 2.75) is 24.4 Å². The highest BCUT2D eigenvalue weighted by molar-refractivity contribution is 5.56. The summed E-state index contributed by atoms with van der Waals surface area (Å²) in [4.78, 5) is 9.90. The number of rotatable bonds is 5. The second-order valence-corrected chi connectivity index (χ2v) is 3.87. The lowest BCUT2D eigenvalue weighted by Crippen LogP contribution is -2.46. The van der Waals surface area contributed by atoms with Crippen molar-refractivity contribution in [3.8, 4) is 11.5 Å². The molecule has 0 spiro atoms. The number of hydrogen-bond donors (Lipinski definition) is 7. The van der Waals surface area contributed by atoms with Crippen LogP contribution in [0.4, 0.5) is 0 Å². The fourth-order valence-corrected chi connectivity index (χ4v) is 1.07. The van der Waals surface area contributed by atoms with Gasteiger partial charge in [-0.1, -0.05) is 0 Å². The van der Waals surface area contributed by atoms with Crippen LogP contribution in [0.1, 0.15) is 0 Å². The first-order valence-corrected chi connectivity index (χ1v) is 5.59. The Morgan fingerprint density at radius 2 is 1.30 bits per heavy atom. The molecule has 0 fully saturated rings. The molecule has 0 aliphatic rings. The molecule has 0 aliphatic heterocycles. The van der Waals surface area contributed by atoms with E-state index in [2.05, 4.69) is 0 Å². The maximum absolute atomic E-state index is 9.90. The molecule has 0 heterocycles. The summed E-state index contributed by atoms with van der Waals surface area (Å²) in [5.41, 5.74) is 0. The molecule has 1 rings (SSSR count). The number of carbonyl (C=O) groups excluding carboxylic acids is 1. The van der Waals surface area contributed by atoms with E-state index in [0.717, 1.165) is 0 Å². The Hall–Kier alpha value is -1.71. The summed E-state index contributed by atoms with van der Waals surface area (Å²) < 4.78 is 0. The molecule has 20 heavy (non-hydrogen) atoms. The number of aliphatic hydroxyl groups is 5. The molecule has 0 aromatic heterocycles. The average molecular weight is 290 g/mol. The first-order valence-electron chi connectivity index (χ1n) is 5.59. The van der Waals surface area contributed by atoms with Gasteiger partial charge < -0.3 is 40.5 Å². The second kappa shape index (κ2) is 9.23. The molecule has 0 amide bonds. The zero-order valence-electron chi connectivity index (χ0n) is 10.4. The van der Waals surface area contributed by atoms with E-state index < -0.39 is 31.0 Å². The summed E-state index contributed by atoms with van der Waals surface area (Å²) in [6, 6.07) is 5.70. The molecule has 7 N–H and O–H groups in total. The van der Waals surface area contributed by atoms with Crippen molar-refractivity contribution >= 4 is 6.29 Å². The van der Waals surface area contributed by atoms with Crippen LogP contribution in [0.25, 0.3) is 0 Å². The van der Waals surface area contributed by atoms with Gasteiger partial charge in [0.05, 0.1) is 6.61 Å². The monoisotopic (exact) mass is 290 g/mol. The van der Waals surface area contributed by atoms with Crippen LogP contribution in [0, 0.1) is 0 Å². The predicted molar refractivity (Wildman–Crippen MR) is 66.9 cm³/mol. The number of aliphatic hydroxyl groups excluding tert-OH is 5. The third-order valence-electron chi connectivity index (χ3n) is 2.27. The summed E-state index contributed by atoms with van der Waals surface area (Å²) in [5, 5.41) is 60.8. The highest BCUT2D eigenvalue weighted by atomic mass is 16.4. The number of aldehydes is 1. The fourth-order valence-electron chi connectivity index (χ4n) is 1.07. The zero-order chi connectivity index (χ0) is 15.7. The van der Waals surface area contributed by atoms with E-state index in [9.17, 15) is 4.79 Å². The normalized spacial score (nSPS) is 16.2. The minimum Gasteiger partial charge on any atom is -0.508 e. The van der Waals surface area contributed by atoms with Gasteiger partial charge in [0.2, 0.25) is 0 Å². The molecule has 1 aromatic rings. The lowest BCUT2D eigenvalue weighted by Gasteiger charge is -2.22. The average Bonchev–Trinajstić information content (AvgIpc) is 2.47. The summed E-state index contributed by atoms with van der Waals surface area (Å²) in [6.45, 7) is -0.760. The second-order valence-electron chi connectivity index (χ2n) is 3.87. The number of aromatic hydroxyl groups is 2. The Morgan fingerprint density at radius 1 is 0.900 bits per heavy atom. The van der Waals surface area contributed by atoms with Crippen LogP contribution in [0.3, 0.4) is 0 Å². The first kappa shape index (κ1) is 18.3. The summed E-state index contributed by atoms with van der Waals surface area (Å²) in [6.07, 6.45) is -6.84. The van der Waals surface area contributed by atoms with Crippen LogP contribution in [0.15, 0.2) is 24.3 Å². The Morgan fingerprint density at radius 3 is 1.60 bits per heavy atom. The molecule has 1 aromatic carbocycles. The van der Waals surface area contributed by atoms with Crippen LogP contribution in [-0.2, 0) is 4.79 Å². The van der Waals surface area contributed by atoms with Crippen LogP contribution in [0.2, 0.25) is 0 Å². The molecule has 0 aliphatic carbocycles. The van der Waals surface area contributed by atoms with Crippen molar-refractivity contribution in [1.29, 1.82) is 0 Å². The first-order chi connectivity index (χ1) is 9.33. The largest absolute Gasteiger partial charge is 0.508 e. The Labute approximate surface area is 114 Å². The van der Waals surface area contributed by atoms with E-state index in [1.807, 2.05) is 0 Å². The Bertz CT molecular complexity index is 359. The maximum atomic E-state index is 9.90. The predicted octanol–water partition coefficient (Wildman–Crippen LogP) is -2.28. The summed E-state index contributed by atoms with van der Waals surface area (Å²) in [7, 11) is 0. The van der Waals surface area contributed by atoms with Crippen molar-refractivity contribution in [2.24, 2.45) is 0 Å². The van der Waals surface area contributed by atoms with Gasteiger partial charge in [0, 0.05) is 0 Å². The SMILES string of the molecule is O=C[C@H](O)[C@@H](O)[C@@H](O)[C@H](O)CO.Oc1ccc(O)cc1. The van der Waals surface area contributed by atoms with E-state index >= 15 is 0 Å². The van der Waals surface area contributed by atoms with Gasteiger partial charge in [-0.15, -0.1) is 0 Å². The third-order valence-corrected chi connectivity index (χ3v) is 2.27. The quantitative estimate of drug-likeness (QED) is 0.236. The van der Waals surface area contributed by atoms with E-state index in [1.165, 1.54) is 24.3 Å². The molecule has 0 saturated heterocycles.